The van der Waals surface area contributed by atoms with Gasteiger partial charge in [-0.15, -0.1) is 0 Å². The van der Waals surface area contributed by atoms with Crippen molar-refractivity contribution in [2.24, 2.45) is 0 Å². The third-order valence-electron chi connectivity index (χ3n) is 4.64. The zero-order valence-corrected chi connectivity index (χ0v) is 12.4. The monoisotopic (exact) mass is 273 g/mol. The minimum absolute atomic E-state index is 1.08. The molecule has 2 aromatic carbocycles. The number of pyridine rings is 1. The number of aryl methyl sites for hydroxylation is 1. The molecule has 3 aromatic rings. The summed E-state index contributed by atoms with van der Waals surface area (Å²) in [5.74, 6) is 0. The average molecular weight is 273 g/mol. The minimum Gasteiger partial charge on any atom is -0.248 e. The van der Waals surface area contributed by atoms with Gasteiger partial charge < -0.3 is 0 Å². The van der Waals surface area contributed by atoms with Crippen LogP contribution in [0, 0.1) is 6.92 Å². The third-order valence-corrected chi connectivity index (χ3v) is 4.64. The van der Waals surface area contributed by atoms with E-state index in [2.05, 4.69) is 55.5 Å². The summed E-state index contributed by atoms with van der Waals surface area (Å²) in [6.45, 7) is 2.24. The second-order valence-corrected chi connectivity index (χ2v) is 5.98. The molecular weight excluding hydrogens is 254 g/mol. The van der Waals surface area contributed by atoms with Gasteiger partial charge in [0.25, 0.3) is 0 Å². The zero-order chi connectivity index (χ0) is 14.2. The molecule has 0 atom stereocenters. The van der Waals surface area contributed by atoms with E-state index in [1.54, 1.807) is 5.56 Å². The van der Waals surface area contributed by atoms with Gasteiger partial charge in [-0.25, -0.2) is 4.98 Å². The van der Waals surface area contributed by atoms with E-state index < -0.39 is 0 Å². The highest BCUT2D eigenvalue weighted by atomic mass is 14.7. The van der Waals surface area contributed by atoms with Crippen LogP contribution < -0.4 is 0 Å². The number of benzene rings is 2. The van der Waals surface area contributed by atoms with E-state index >= 15 is 0 Å². The number of aromatic nitrogens is 1. The summed E-state index contributed by atoms with van der Waals surface area (Å²) in [5, 5.41) is 1.21. The maximum absolute atomic E-state index is 4.88. The topological polar surface area (TPSA) is 12.9 Å². The van der Waals surface area contributed by atoms with Crippen LogP contribution >= 0.6 is 0 Å². The van der Waals surface area contributed by atoms with Gasteiger partial charge in [-0.2, -0.15) is 0 Å². The molecule has 1 nitrogen and oxygen atoms in total. The molecule has 0 saturated heterocycles. The minimum atomic E-state index is 1.08. The first-order valence-electron chi connectivity index (χ1n) is 7.80. The first-order valence-corrected chi connectivity index (χ1v) is 7.80. The number of nitrogens with zero attached hydrogens (tertiary/aromatic N) is 1. The second-order valence-electron chi connectivity index (χ2n) is 5.98. The highest BCUT2D eigenvalue weighted by molar-refractivity contribution is 5.82. The van der Waals surface area contributed by atoms with Crippen LogP contribution in [0.1, 0.15) is 29.5 Å². The Morgan fingerprint density at radius 2 is 1.62 bits per heavy atom. The molecule has 1 aromatic heterocycles. The van der Waals surface area contributed by atoms with Crippen LogP contribution in [0.5, 0.6) is 0 Å². The van der Waals surface area contributed by atoms with Crippen molar-refractivity contribution in [1.82, 2.24) is 4.98 Å². The summed E-state index contributed by atoms with van der Waals surface area (Å²) < 4.78 is 0. The van der Waals surface area contributed by atoms with Crippen LogP contribution in [0.25, 0.3) is 22.2 Å². The van der Waals surface area contributed by atoms with E-state index in [0.717, 1.165) is 11.2 Å². The molecule has 0 saturated carbocycles. The summed E-state index contributed by atoms with van der Waals surface area (Å²) in [4.78, 5) is 4.88. The standard InChI is InChI=1S/C20H19N/c1-14-10-12-18(17-8-4-3-7-16(14)17)20-13-11-15-6-2-5-9-19(15)21-20/h2,5-6,9-13H,3-4,7-8H2,1H3. The Labute approximate surface area is 125 Å². The van der Waals surface area contributed by atoms with Gasteiger partial charge in [0.15, 0.2) is 0 Å². The van der Waals surface area contributed by atoms with E-state index in [1.165, 1.54) is 47.8 Å². The van der Waals surface area contributed by atoms with Crippen molar-refractivity contribution in [2.45, 2.75) is 32.6 Å². The number of rotatable bonds is 1. The van der Waals surface area contributed by atoms with Crippen LogP contribution in [0.4, 0.5) is 0 Å². The summed E-state index contributed by atoms with van der Waals surface area (Å²) in [7, 11) is 0. The molecule has 0 aliphatic heterocycles. The third kappa shape index (κ3) is 2.13. The molecule has 0 spiro atoms. The number of para-hydroxylation sites is 1. The lowest BCUT2D eigenvalue weighted by atomic mass is 9.84. The largest absolute Gasteiger partial charge is 0.248 e. The maximum atomic E-state index is 4.88. The van der Waals surface area contributed by atoms with Gasteiger partial charge in [0.1, 0.15) is 0 Å². The molecule has 1 heterocycles. The van der Waals surface area contributed by atoms with Crippen LogP contribution in [0.2, 0.25) is 0 Å². The van der Waals surface area contributed by atoms with Crippen LogP contribution in [-0.4, -0.2) is 4.98 Å². The predicted molar refractivity (Wildman–Crippen MR) is 88.6 cm³/mol. The van der Waals surface area contributed by atoms with Crippen molar-refractivity contribution < 1.29 is 0 Å². The summed E-state index contributed by atoms with van der Waals surface area (Å²) in [6, 6.07) is 17.2. The Bertz CT molecular complexity index is 817. The van der Waals surface area contributed by atoms with Crippen LogP contribution in [0.15, 0.2) is 48.5 Å². The lowest BCUT2D eigenvalue weighted by molar-refractivity contribution is 0.683. The molecule has 0 radical (unpaired) electrons. The Morgan fingerprint density at radius 3 is 2.52 bits per heavy atom. The zero-order valence-electron chi connectivity index (χ0n) is 12.4. The highest BCUT2D eigenvalue weighted by Crippen LogP contribution is 2.33. The highest BCUT2D eigenvalue weighted by Gasteiger charge is 2.16. The van der Waals surface area contributed by atoms with Gasteiger partial charge in [0.05, 0.1) is 11.2 Å². The van der Waals surface area contributed by atoms with Gasteiger partial charge >= 0.3 is 0 Å². The fraction of sp³-hybridized carbons (Fsp3) is 0.250. The summed E-state index contributed by atoms with van der Waals surface area (Å²) in [5.41, 5.74) is 8.07. The number of hydrogen-bond acceptors (Lipinski definition) is 1. The molecule has 0 fully saturated rings. The smallest absolute Gasteiger partial charge is 0.0712 e. The van der Waals surface area contributed by atoms with Crippen molar-refractivity contribution in [3.05, 3.63) is 65.2 Å². The first kappa shape index (κ1) is 12.6. The fourth-order valence-corrected chi connectivity index (χ4v) is 3.50. The summed E-state index contributed by atoms with van der Waals surface area (Å²) >= 11 is 0. The summed E-state index contributed by atoms with van der Waals surface area (Å²) in [6.07, 6.45) is 5.04. The van der Waals surface area contributed by atoms with Crippen molar-refractivity contribution in [2.75, 3.05) is 0 Å². The molecule has 0 unspecified atom stereocenters. The van der Waals surface area contributed by atoms with E-state index in [4.69, 9.17) is 4.98 Å². The van der Waals surface area contributed by atoms with Crippen molar-refractivity contribution in [3.63, 3.8) is 0 Å². The van der Waals surface area contributed by atoms with E-state index in [1.807, 2.05) is 0 Å². The second kappa shape index (κ2) is 5.00. The number of hydrogen-bond donors (Lipinski definition) is 0. The molecular formula is C20H19N. The fourth-order valence-electron chi connectivity index (χ4n) is 3.50. The van der Waals surface area contributed by atoms with Crippen molar-refractivity contribution >= 4 is 10.9 Å². The Balaban J connectivity index is 1.92. The maximum Gasteiger partial charge on any atom is 0.0712 e. The van der Waals surface area contributed by atoms with Gasteiger partial charge in [-0.1, -0.05) is 36.4 Å². The molecule has 0 N–H and O–H groups in total. The average Bonchev–Trinajstić information content (AvgIpc) is 2.55. The first-order chi connectivity index (χ1) is 10.3. The van der Waals surface area contributed by atoms with E-state index in [-0.39, 0.29) is 0 Å². The molecule has 4 rings (SSSR count). The van der Waals surface area contributed by atoms with Gasteiger partial charge in [-0.3, -0.25) is 0 Å². The van der Waals surface area contributed by atoms with Gasteiger partial charge in [0, 0.05) is 10.9 Å². The van der Waals surface area contributed by atoms with Crippen LogP contribution in [-0.2, 0) is 12.8 Å². The normalized spacial score (nSPS) is 14.1. The predicted octanol–water partition coefficient (Wildman–Crippen LogP) is 5.09. The molecule has 21 heavy (non-hydrogen) atoms. The lowest BCUT2D eigenvalue weighted by Crippen LogP contribution is -2.07. The molecule has 1 aliphatic carbocycles. The Hall–Kier alpha value is -2.15. The Kier molecular flexibility index (Phi) is 2.99. The van der Waals surface area contributed by atoms with Crippen LogP contribution in [0.3, 0.4) is 0 Å². The molecule has 0 bridgehead atoms. The van der Waals surface area contributed by atoms with E-state index in [9.17, 15) is 0 Å². The Morgan fingerprint density at radius 1 is 0.810 bits per heavy atom. The van der Waals surface area contributed by atoms with Crippen molar-refractivity contribution in [1.29, 1.82) is 0 Å². The molecule has 0 amide bonds. The van der Waals surface area contributed by atoms with E-state index in [0.29, 0.717) is 0 Å². The molecule has 1 aliphatic rings. The van der Waals surface area contributed by atoms with Crippen molar-refractivity contribution in [3.8, 4) is 11.3 Å². The molecule has 104 valence electrons. The lowest BCUT2D eigenvalue weighted by Gasteiger charge is -2.21. The molecule has 1 heteroatoms. The quantitative estimate of drug-likeness (QED) is 0.602. The van der Waals surface area contributed by atoms with Gasteiger partial charge in [0.2, 0.25) is 0 Å². The SMILES string of the molecule is Cc1ccc(-c2ccc3ccccc3n2)c2c1CCCC2. The van der Waals surface area contributed by atoms with Gasteiger partial charge in [-0.05, 0) is 61.4 Å². The number of fused-ring (bicyclic) bond motifs is 2.